The van der Waals surface area contributed by atoms with E-state index in [9.17, 15) is 0 Å². The number of hydrazine groups is 1. The first-order valence-corrected chi connectivity index (χ1v) is 6.53. The first-order valence-electron chi connectivity index (χ1n) is 6.53. The zero-order valence-corrected chi connectivity index (χ0v) is 11.7. The fourth-order valence-electron chi connectivity index (χ4n) is 2.42. The van der Waals surface area contributed by atoms with E-state index >= 15 is 0 Å². The third-order valence-corrected chi connectivity index (χ3v) is 3.34. The summed E-state index contributed by atoms with van der Waals surface area (Å²) in [5, 5.41) is 1.12. The lowest BCUT2D eigenvalue weighted by molar-refractivity contribution is -0.0392. The molecule has 0 aliphatic rings. The molecule has 1 heterocycles. The van der Waals surface area contributed by atoms with Gasteiger partial charge in [-0.25, -0.2) is 0 Å². The van der Waals surface area contributed by atoms with Crippen molar-refractivity contribution in [2.45, 2.75) is 32.4 Å². The molecule has 4 heteroatoms. The molecule has 2 rings (SSSR count). The van der Waals surface area contributed by atoms with Crippen molar-refractivity contribution in [1.29, 1.82) is 0 Å². The van der Waals surface area contributed by atoms with Gasteiger partial charge in [0, 0.05) is 18.2 Å². The molecule has 1 aromatic carbocycles. The topological polar surface area (TPSA) is 60.2 Å². The fourth-order valence-corrected chi connectivity index (χ4v) is 2.42. The molecule has 0 saturated carbocycles. The van der Waals surface area contributed by atoms with Crippen LogP contribution in [0.3, 0.4) is 0 Å². The SMILES string of the molecule is CCOC(C)(C)C(NN)c1ccc2cccnc2c1. The second-order valence-corrected chi connectivity index (χ2v) is 5.09. The van der Waals surface area contributed by atoms with Crippen molar-refractivity contribution < 1.29 is 4.74 Å². The molecule has 2 aromatic rings. The minimum absolute atomic E-state index is 0.0844. The molecule has 0 aliphatic carbocycles. The Kier molecular flexibility index (Phi) is 4.14. The first kappa shape index (κ1) is 13.9. The van der Waals surface area contributed by atoms with Gasteiger partial charge in [-0.1, -0.05) is 18.2 Å². The number of fused-ring (bicyclic) bond motifs is 1. The minimum Gasteiger partial charge on any atom is -0.374 e. The molecule has 1 atom stereocenters. The van der Waals surface area contributed by atoms with Crippen molar-refractivity contribution >= 4 is 10.9 Å². The number of nitrogens with one attached hydrogen (secondary N) is 1. The lowest BCUT2D eigenvalue weighted by Crippen LogP contribution is -2.44. The van der Waals surface area contributed by atoms with Crippen LogP contribution in [0.5, 0.6) is 0 Å². The summed E-state index contributed by atoms with van der Waals surface area (Å²) in [6, 6.07) is 10.1. The number of hydrogen-bond donors (Lipinski definition) is 2. The summed E-state index contributed by atoms with van der Waals surface area (Å²) in [5.41, 5.74) is 4.51. The zero-order valence-electron chi connectivity index (χ0n) is 11.7. The molecule has 0 radical (unpaired) electrons. The zero-order chi connectivity index (χ0) is 13.9. The molecule has 0 fully saturated rings. The lowest BCUT2D eigenvalue weighted by Gasteiger charge is -2.34. The lowest BCUT2D eigenvalue weighted by atomic mass is 9.91. The van der Waals surface area contributed by atoms with E-state index in [1.54, 1.807) is 6.20 Å². The number of pyridine rings is 1. The van der Waals surface area contributed by atoms with Crippen LogP contribution in [0, 0.1) is 0 Å². The van der Waals surface area contributed by atoms with E-state index in [1.165, 1.54) is 0 Å². The van der Waals surface area contributed by atoms with Gasteiger partial charge in [0.1, 0.15) is 0 Å². The van der Waals surface area contributed by atoms with E-state index in [-0.39, 0.29) is 11.6 Å². The molecular formula is C15H21N3O. The molecule has 1 aromatic heterocycles. The summed E-state index contributed by atoms with van der Waals surface area (Å²) >= 11 is 0. The largest absolute Gasteiger partial charge is 0.374 e. The van der Waals surface area contributed by atoms with E-state index in [2.05, 4.69) is 28.6 Å². The third-order valence-electron chi connectivity index (χ3n) is 3.34. The van der Waals surface area contributed by atoms with E-state index in [1.807, 2.05) is 32.9 Å². The van der Waals surface area contributed by atoms with Gasteiger partial charge in [0.2, 0.25) is 0 Å². The van der Waals surface area contributed by atoms with E-state index in [0.29, 0.717) is 6.61 Å². The Labute approximate surface area is 113 Å². The molecule has 1 unspecified atom stereocenters. The Balaban J connectivity index is 2.40. The van der Waals surface area contributed by atoms with Crippen LogP contribution in [-0.2, 0) is 4.74 Å². The van der Waals surface area contributed by atoms with Gasteiger partial charge in [0.25, 0.3) is 0 Å². The standard InChI is InChI=1S/C15H21N3O/c1-4-19-15(2,3)14(18-16)12-8-7-11-6-5-9-17-13(11)10-12/h5-10,14,18H,4,16H2,1-3H3. The average Bonchev–Trinajstić information content (AvgIpc) is 2.39. The number of hydrogen-bond acceptors (Lipinski definition) is 4. The maximum atomic E-state index is 5.79. The second kappa shape index (κ2) is 5.65. The smallest absolute Gasteiger partial charge is 0.0833 e. The number of rotatable bonds is 5. The maximum Gasteiger partial charge on any atom is 0.0833 e. The van der Waals surface area contributed by atoms with Crippen molar-refractivity contribution in [3.8, 4) is 0 Å². The van der Waals surface area contributed by atoms with E-state index in [0.717, 1.165) is 16.5 Å². The number of aromatic nitrogens is 1. The maximum absolute atomic E-state index is 5.79. The third kappa shape index (κ3) is 2.92. The first-order chi connectivity index (χ1) is 9.08. The van der Waals surface area contributed by atoms with Crippen molar-refractivity contribution in [2.24, 2.45) is 5.84 Å². The summed E-state index contributed by atoms with van der Waals surface area (Å²) in [6.45, 7) is 6.70. The van der Waals surface area contributed by atoms with E-state index in [4.69, 9.17) is 10.6 Å². The molecular weight excluding hydrogens is 238 g/mol. The highest BCUT2D eigenvalue weighted by atomic mass is 16.5. The van der Waals surface area contributed by atoms with Crippen molar-refractivity contribution in [3.63, 3.8) is 0 Å². The Morgan fingerprint density at radius 3 is 2.84 bits per heavy atom. The highest BCUT2D eigenvalue weighted by molar-refractivity contribution is 5.79. The summed E-state index contributed by atoms with van der Waals surface area (Å²) in [6.07, 6.45) is 1.80. The van der Waals surface area contributed by atoms with Gasteiger partial charge in [-0.2, -0.15) is 0 Å². The van der Waals surface area contributed by atoms with Crippen LogP contribution in [0.25, 0.3) is 10.9 Å². The summed E-state index contributed by atoms with van der Waals surface area (Å²) in [7, 11) is 0. The van der Waals surface area contributed by atoms with Gasteiger partial charge in [-0.05, 0) is 38.5 Å². The molecule has 102 valence electrons. The van der Waals surface area contributed by atoms with Gasteiger partial charge < -0.3 is 4.74 Å². The van der Waals surface area contributed by atoms with Crippen LogP contribution < -0.4 is 11.3 Å². The predicted octanol–water partition coefficient (Wildman–Crippen LogP) is 2.55. The summed E-state index contributed by atoms with van der Waals surface area (Å²) in [4.78, 5) is 4.38. The molecule has 3 N–H and O–H groups in total. The van der Waals surface area contributed by atoms with Gasteiger partial charge in [0.05, 0.1) is 17.2 Å². The van der Waals surface area contributed by atoms with Crippen molar-refractivity contribution in [3.05, 3.63) is 42.1 Å². The Morgan fingerprint density at radius 1 is 1.37 bits per heavy atom. The molecule has 0 bridgehead atoms. The number of benzene rings is 1. The van der Waals surface area contributed by atoms with Gasteiger partial charge in [-0.15, -0.1) is 0 Å². The molecule has 0 aliphatic heterocycles. The van der Waals surface area contributed by atoms with Crippen LogP contribution in [0.2, 0.25) is 0 Å². The normalized spacial score (nSPS) is 13.7. The van der Waals surface area contributed by atoms with Crippen LogP contribution in [0.4, 0.5) is 0 Å². The van der Waals surface area contributed by atoms with Crippen LogP contribution in [0.1, 0.15) is 32.4 Å². The minimum atomic E-state index is -0.383. The number of nitrogens with zero attached hydrogens (tertiary/aromatic N) is 1. The summed E-state index contributed by atoms with van der Waals surface area (Å²) < 4.78 is 5.79. The second-order valence-electron chi connectivity index (χ2n) is 5.09. The monoisotopic (exact) mass is 259 g/mol. The highest BCUT2D eigenvalue weighted by Crippen LogP contribution is 2.29. The predicted molar refractivity (Wildman–Crippen MR) is 77.5 cm³/mol. The van der Waals surface area contributed by atoms with Gasteiger partial charge >= 0.3 is 0 Å². The molecule has 0 spiro atoms. The Morgan fingerprint density at radius 2 is 2.16 bits per heavy atom. The van der Waals surface area contributed by atoms with Crippen molar-refractivity contribution in [2.75, 3.05) is 6.61 Å². The fraction of sp³-hybridized carbons (Fsp3) is 0.400. The summed E-state index contributed by atoms with van der Waals surface area (Å²) in [5.74, 6) is 5.71. The van der Waals surface area contributed by atoms with Crippen LogP contribution in [-0.4, -0.2) is 17.2 Å². The quantitative estimate of drug-likeness (QED) is 0.640. The number of ether oxygens (including phenoxy) is 1. The molecule has 0 amide bonds. The Hall–Kier alpha value is -1.49. The van der Waals surface area contributed by atoms with Crippen LogP contribution in [0.15, 0.2) is 36.5 Å². The van der Waals surface area contributed by atoms with Crippen molar-refractivity contribution in [1.82, 2.24) is 10.4 Å². The number of nitrogens with two attached hydrogens (primary N) is 1. The van der Waals surface area contributed by atoms with Gasteiger partial charge in [0.15, 0.2) is 0 Å². The molecule has 4 nitrogen and oxygen atoms in total. The van der Waals surface area contributed by atoms with Crippen LogP contribution >= 0.6 is 0 Å². The molecule has 19 heavy (non-hydrogen) atoms. The van der Waals surface area contributed by atoms with E-state index < -0.39 is 0 Å². The Bertz CT molecular complexity index is 554. The highest BCUT2D eigenvalue weighted by Gasteiger charge is 2.30. The van der Waals surface area contributed by atoms with Gasteiger partial charge in [-0.3, -0.25) is 16.3 Å². The average molecular weight is 259 g/mol. The molecule has 0 saturated heterocycles.